The van der Waals surface area contributed by atoms with E-state index < -0.39 is 0 Å². The zero-order valence-electron chi connectivity index (χ0n) is 32.5. The fraction of sp³-hybridized carbons (Fsp3) is 0.185. The first-order valence-electron chi connectivity index (χ1n) is 20.2. The van der Waals surface area contributed by atoms with Crippen LogP contribution in [0.25, 0.3) is 55.2 Å². The molecular formula is C54H44N2. The van der Waals surface area contributed by atoms with Crippen molar-refractivity contribution in [2.45, 2.75) is 52.4 Å². The lowest BCUT2D eigenvalue weighted by Gasteiger charge is -2.38. The van der Waals surface area contributed by atoms with Gasteiger partial charge in [0, 0.05) is 34.0 Å². The third-order valence-corrected chi connectivity index (χ3v) is 13.6. The Kier molecular flexibility index (Phi) is 7.23. The fourth-order valence-electron chi connectivity index (χ4n) is 10.5. The summed E-state index contributed by atoms with van der Waals surface area (Å²) in [6, 6.07) is 48.9. The Morgan fingerprint density at radius 2 is 0.839 bits per heavy atom. The molecule has 0 saturated carbocycles. The highest BCUT2D eigenvalue weighted by Gasteiger charge is 2.42. The van der Waals surface area contributed by atoms with Gasteiger partial charge in [-0.15, -0.1) is 0 Å². The fourth-order valence-corrected chi connectivity index (χ4v) is 10.5. The van der Waals surface area contributed by atoms with E-state index >= 15 is 0 Å². The minimum absolute atomic E-state index is 0.101. The Hall–Kier alpha value is -6.12. The Bertz CT molecular complexity index is 2700. The van der Waals surface area contributed by atoms with Crippen LogP contribution in [0.4, 0.5) is 0 Å². The first kappa shape index (κ1) is 33.2. The summed E-state index contributed by atoms with van der Waals surface area (Å²) >= 11 is 0. The molecule has 2 heterocycles. The first-order chi connectivity index (χ1) is 27.3. The molecule has 56 heavy (non-hydrogen) atoms. The van der Waals surface area contributed by atoms with E-state index in [1.54, 1.807) is 0 Å². The second-order valence-corrected chi connectivity index (χ2v) is 17.3. The lowest BCUT2D eigenvalue weighted by atomic mass is 9.66. The minimum atomic E-state index is -0.128. The van der Waals surface area contributed by atoms with Gasteiger partial charge >= 0.3 is 0 Å². The standard InChI is InChI=1S/C54H44N2/c1-53(2)45(27-25-39-37-21-13-11-19-35(37)29-47(39)53)49-31-43(33-15-7-5-8-16-33)41-23-24-42-44(34-17-9-6-10-18-34)32-50(56-52(42)51(41)55-49)46-28-26-40-38-22-14-12-20-36(38)30-48(40)54(46,3)4/h5-28,31-32,45-46H,29-30H2,1-4H3. The van der Waals surface area contributed by atoms with Gasteiger partial charge in [-0.05, 0) is 91.5 Å². The van der Waals surface area contributed by atoms with E-state index in [9.17, 15) is 0 Å². The summed E-state index contributed by atoms with van der Waals surface area (Å²) in [5.41, 5.74) is 20.1. The Morgan fingerprint density at radius 1 is 0.446 bits per heavy atom. The van der Waals surface area contributed by atoms with Gasteiger partial charge in [-0.1, -0.05) is 184 Å². The number of hydrogen-bond donors (Lipinski definition) is 0. The minimum Gasteiger partial charge on any atom is -0.250 e. The summed E-state index contributed by atoms with van der Waals surface area (Å²) in [6.07, 6.45) is 11.6. The molecule has 5 aromatic carbocycles. The molecule has 0 N–H and O–H groups in total. The number of hydrogen-bond acceptors (Lipinski definition) is 2. The van der Waals surface area contributed by atoms with Crippen LogP contribution in [0.1, 0.15) is 73.2 Å². The van der Waals surface area contributed by atoms with E-state index in [0.717, 1.165) is 46.0 Å². The van der Waals surface area contributed by atoms with Gasteiger partial charge in [-0.2, -0.15) is 0 Å². The number of rotatable bonds is 4. The molecule has 2 heteroatoms. The van der Waals surface area contributed by atoms with Crippen molar-refractivity contribution in [3.63, 3.8) is 0 Å². The first-order valence-corrected chi connectivity index (χ1v) is 20.2. The van der Waals surface area contributed by atoms with Crippen LogP contribution in [-0.2, 0) is 12.8 Å². The molecule has 270 valence electrons. The number of nitrogens with zero attached hydrogens (tertiary/aromatic N) is 2. The average molecular weight is 721 g/mol. The predicted octanol–water partition coefficient (Wildman–Crippen LogP) is 13.5. The molecule has 0 spiro atoms. The highest BCUT2D eigenvalue weighted by Crippen LogP contribution is 2.55. The van der Waals surface area contributed by atoms with Gasteiger partial charge in [0.1, 0.15) is 0 Å². The van der Waals surface area contributed by atoms with Crippen molar-refractivity contribution < 1.29 is 0 Å². The summed E-state index contributed by atoms with van der Waals surface area (Å²) in [5, 5.41) is 2.27. The molecule has 2 atom stereocenters. The van der Waals surface area contributed by atoms with Crippen LogP contribution in [-0.4, -0.2) is 9.97 Å². The van der Waals surface area contributed by atoms with Crippen LogP contribution < -0.4 is 0 Å². The largest absolute Gasteiger partial charge is 0.250 e. The summed E-state index contributed by atoms with van der Waals surface area (Å²) in [7, 11) is 0. The molecule has 0 saturated heterocycles. The molecule has 0 aliphatic heterocycles. The maximum absolute atomic E-state index is 5.75. The van der Waals surface area contributed by atoms with Gasteiger partial charge in [0.05, 0.1) is 11.0 Å². The number of allylic oxidation sites excluding steroid dienone is 8. The van der Waals surface area contributed by atoms with Crippen LogP contribution in [0.5, 0.6) is 0 Å². The molecule has 2 aromatic heterocycles. The Balaban J connectivity index is 1.14. The zero-order valence-corrected chi connectivity index (χ0v) is 32.5. The van der Waals surface area contributed by atoms with Crippen LogP contribution in [0, 0.1) is 10.8 Å². The van der Waals surface area contributed by atoms with Crippen LogP contribution in [0.3, 0.4) is 0 Å². The lowest BCUT2D eigenvalue weighted by Crippen LogP contribution is -2.27. The molecule has 11 rings (SSSR count). The smallest absolute Gasteiger partial charge is 0.0974 e. The highest BCUT2D eigenvalue weighted by atomic mass is 14.8. The molecule has 0 bridgehead atoms. The predicted molar refractivity (Wildman–Crippen MR) is 233 cm³/mol. The van der Waals surface area contributed by atoms with Crippen molar-refractivity contribution in [1.29, 1.82) is 0 Å². The van der Waals surface area contributed by atoms with Crippen molar-refractivity contribution in [3.8, 4) is 22.3 Å². The van der Waals surface area contributed by atoms with Gasteiger partial charge in [0.15, 0.2) is 0 Å². The SMILES string of the molecule is CC1(C)C2=C(C=CC1c1cc(-c3ccccc3)c3ccc4c(-c5ccccc5)cc(C5C=CC6=C(Cc7ccccc76)C5(C)C)nc4c3n1)c1ccccc1C2. The monoisotopic (exact) mass is 720 g/mol. The number of aromatic nitrogens is 2. The van der Waals surface area contributed by atoms with E-state index in [-0.39, 0.29) is 22.7 Å². The van der Waals surface area contributed by atoms with Crippen molar-refractivity contribution >= 4 is 33.0 Å². The third kappa shape index (κ3) is 4.88. The van der Waals surface area contributed by atoms with Crippen LogP contribution in [0.15, 0.2) is 169 Å². The maximum atomic E-state index is 5.75. The quantitative estimate of drug-likeness (QED) is 0.169. The van der Waals surface area contributed by atoms with E-state index in [1.807, 2.05) is 0 Å². The van der Waals surface area contributed by atoms with Gasteiger partial charge in [0.25, 0.3) is 0 Å². The topological polar surface area (TPSA) is 25.8 Å². The van der Waals surface area contributed by atoms with E-state index in [4.69, 9.17) is 9.97 Å². The Labute approximate surface area is 329 Å². The van der Waals surface area contributed by atoms with E-state index in [0.29, 0.717) is 0 Å². The van der Waals surface area contributed by atoms with Gasteiger partial charge in [0.2, 0.25) is 0 Å². The summed E-state index contributed by atoms with van der Waals surface area (Å²) in [5.74, 6) is 0.202. The summed E-state index contributed by atoms with van der Waals surface area (Å²) < 4.78 is 0. The van der Waals surface area contributed by atoms with Gasteiger partial charge in [-0.3, -0.25) is 0 Å². The van der Waals surface area contributed by atoms with Gasteiger partial charge in [-0.25, -0.2) is 9.97 Å². The number of benzene rings is 5. The average Bonchev–Trinajstić information content (AvgIpc) is 3.81. The summed E-state index contributed by atoms with van der Waals surface area (Å²) in [6.45, 7) is 9.69. The number of pyridine rings is 2. The van der Waals surface area contributed by atoms with Crippen LogP contribution in [0.2, 0.25) is 0 Å². The molecule has 7 aromatic rings. The van der Waals surface area contributed by atoms with Crippen molar-refractivity contribution in [3.05, 3.63) is 203 Å². The second-order valence-electron chi connectivity index (χ2n) is 17.3. The summed E-state index contributed by atoms with van der Waals surface area (Å²) in [4.78, 5) is 11.5. The van der Waals surface area contributed by atoms with Crippen molar-refractivity contribution in [2.24, 2.45) is 10.8 Å². The highest BCUT2D eigenvalue weighted by molar-refractivity contribution is 6.12. The molecule has 2 nitrogen and oxygen atoms in total. The Morgan fingerprint density at radius 3 is 1.27 bits per heavy atom. The second kappa shape index (κ2) is 12.2. The zero-order chi connectivity index (χ0) is 37.8. The number of fused-ring (bicyclic) bond motifs is 7. The molecule has 0 amide bonds. The lowest BCUT2D eigenvalue weighted by molar-refractivity contribution is 0.383. The molecule has 4 aliphatic rings. The van der Waals surface area contributed by atoms with Crippen molar-refractivity contribution in [2.75, 3.05) is 0 Å². The molecule has 0 radical (unpaired) electrons. The van der Waals surface area contributed by atoms with Crippen LogP contribution >= 0.6 is 0 Å². The molecule has 0 fully saturated rings. The van der Waals surface area contributed by atoms with Crippen molar-refractivity contribution in [1.82, 2.24) is 9.97 Å². The maximum Gasteiger partial charge on any atom is 0.0974 e. The molecule has 2 unspecified atom stereocenters. The van der Waals surface area contributed by atoms with E-state index in [1.165, 1.54) is 66.8 Å². The third-order valence-electron chi connectivity index (χ3n) is 13.6. The van der Waals surface area contributed by atoms with Gasteiger partial charge < -0.3 is 0 Å². The molecule has 4 aliphatic carbocycles. The molecular weight excluding hydrogens is 677 g/mol. The normalized spacial score (nSPS) is 20.0. The van der Waals surface area contributed by atoms with E-state index in [2.05, 4.69) is 185 Å².